The summed E-state index contributed by atoms with van der Waals surface area (Å²) in [5.74, 6) is -2.26. The minimum absolute atomic E-state index is 0.0237. The maximum absolute atomic E-state index is 13.8. The molecule has 1 aromatic rings. The summed E-state index contributed by atoms with van der Waals surface area (Å²) in [5, 5.41) is 5.05. The molecule has 0 unspecified atom stereocenters. The highest BCUT2D eigenvalue weighted by molar-refractivity contribution is 5.91. The predicted molar refractivity (Wildman–Crippen MR) is 88.3 cm³/mol. The van der Waals surface area contributed by atoms with E-state index >= 15 is 0 Å². The molecule has 3 atom stereocenters. The molecule has 0 aliphatic rings. The molecule has 0 aromatic heterocycles. The van der Waals surface area contributed by atoms with Gasteiger partial charge in [0.25, 0.3) is 0 Å². The molecule has 0 heterocycles. The summed E-state index contributed by atoms with van der Waals surface area (Å²) in [6, 6.07) is 4.16. The molecule has 6 nitrogen and oxygen atoms in total. The minimum atomic E-state index is -0.995. The zero-order valence-electron chi connectivity index (χ0n) is 14.1. The Bertz CT molecular complexity index is 606. The molecule has 0 spiro atoms. The van der Waals surface area contributed by atoms with Crippen molar-refractivity contribution in [2.75, 3.05) is 0 Å². The van der Waals surface area contributed by atoms with Gasteiger partial charge in [-0.1, -0.05) is 38.5 Å². The maximum atomic E-state index is 13.8. The summed E-state index contributed by atoms with van der Waals surface area (Å²) in [6.45, 7) is 4.93. The van der Waals surface area contributed by atoms with Gasteiger partial charge in [0.15, 0.2) is 0 Å². The Morgan fingerprint density at radius 3 is 2.33 bits per heavy atom. The van der Waals surface area contributed by atoms with Crippen LogP contribution in [0.2, 0.25) is 0 Å². The number of rotatable bonds is 8. The zero-order valence-corrected chi connectivity index (χ0v) is 14.1. The number of benzene rings is 1. The van der Waals surface area contributed by atoms with E-state index in [9.17, 15) is 18.8 Å². The lowest BCUT2D eigenvalue weighted by Crippen LogP contribution is -2.55. The Labute approximate surface area is 141 Å². The van der Waals surface area contributed by atoms with Gasteiger partial charge in [-0.05, 0) is 17.5 Å². The number of carbonyl (C=O) groups is 3. The first-order valence-electron chi connectivity index (χ1n) is 7.86. The van der Waals surface area contributed by atoms with Crippen LogP contribution in [0.5, 0.6) is 0 Å². The van der Waals surface area contributed by atoms with Crippen molar-refractivity contribution in [3.05, 3.63) is 35.6 Å². The van der Waals surface area contributed by atoms with Crippen molar-refractivity contribution in [3.63, 3.8) is 0 Å². The quantitative estimate of drug-likeness (QED) is 0.656. The van der Waals surface area contributed by atoms with Gasteiger partial charge < -0.3 is 16.4 Å². The van der Waals surface area contributed by atoms with Crippen molar-refractivity contribution in [2.24, 2.45) is 11.7 Å². The van der Waals surface area contributed by atoms with E-state index in [1.807, 2.05) is 6.92 Å². The van der Waals surface area contributed by atoms with Gasteiger partial charge in [-0.3, -0.25) is 14.4 Å². The van der Waals surface area contributed by atoms with E-state index in [1.54, 1.807) is 19.1 Å². The Kier molecular flexibility index (Phi) is 7.35. The number of nitrogens with one attached hydrogen (secondary N) is 2. The molecule has 4 N–H and O–H groups in total. The second kappa shape index (κ2) is 9.00. The van der Waals surface area contributed by atoms with Gasteiger partial charge in [0.1, 0.15) is 17.9 Å². The highest BCUT2D eigenvalue weighted by Gasteiger charge is 2.28. The molecule has 0 bridgehead atoms. The Morgan fingerprint density at radius 1 is 1.21 bits per heavy atom. The van der Waals surface area contributed by atoms with Crippen molar-refractivity contribution >= 4 is 17.7 Å². The minimum Gasteiger partial charge on any atom is -0.368 e. The number of hydrogen-bond acceptors (Lipinski definition) is 3. The van der Waals surface area contributed by atoms with Crippen molar-refractivity contribution in [1.29, 1.82) is 0 Å². The Hall–Kier alpha value is -2.44. The van der Waals surface area contributed by atoms with Crippen LogP contribution < -0.4 is 16.4 Å². The fraction of sp³-hybridized carbons (Fsp3) is 0.471. The molecule has 1 rings (SSSR count). The molecule has 3 amide bonds. The van der Waals surface area contributed by atoms with Gasteiger partial charge in [0, 0.05) is 13.3 Å². The summed E-state index contributed by atoms with van der Waals surface area (Å²) in [4.78, 5) is 35.4. The molecule has 1 aromatic carbocycles. The van der Waals surface area contributed by atoms with Gasteiger partial charge in [-0.2, -0.15) is 0 Å². The van der Waals surface area contributed by atoms with Crippen molar-refractivity contribution in [2.45, 2.75) is 45.7 Å². The summed E-state index contributed by atoms with van der Waals surface area (Å²) < 4.78 is 13.8. The first-order chi connectivity index (χ1) is 11.3. The molecule has 0 aliphatic carbocycles. The lowest BCUT2D eigenvalue weighted by Gasteiger charge is -2.25. The normalized spacial score (nSPS) is 14.3. The summed E-state index contributed by atoms with van der Waals surface area (Å²) >= 11 is 0. The number of nitrogens with two attached hydrogens (primary N) is 1. The molecule has 0 fully saturated rings. The van der Waals surface area contributed by atoms with Crippen LogP contribution in [-0.2, 0) is 20.8 Å². The molecule has 7 heteroatoms. The molecule has 0 saturated heterocycles. The third-order valence-corrected chi connectivity index (χ3v) is 3.89. The van der Waals surface area contributed by atoms with Crippen LogP contribution in [0.4, 0.5) is 4.39 Å². The topological polar surface area (TPSA) is 101 Å². The highest BCUT2D eigenvalue weighted by Crippen LogP contribution is 2.11. The van der Waals surface area contributed by atoms with Crippen molar-refractivity contribution < 1.29 is 18.8 Å². The number of halogens is 1. The average Bonchev–Trinajstić information content (AvgIpc) is 2.52. The summed E-state index contributed by atoms with van der Waals surface area (Å²) in [5.41, 5.74) is 5.64. The zero-order chi connectivity index (χ0) is 18.3. The van der Waals surface area contributed by atoms with Crippen molar-refractivity contribution in [3.8, 4) is 0 Å². The van der Waals surface area contributed by atoms with Crippen molar-refractivity contribution in [1.82, 2.24) is 10.6 Å². The lowest BCUT2D eigenvalue weighted by molar-refractivity contribution is -0.131. The Balaban J connectivity index is 2.94. The monoisotopic (exact) mass is 337 g/mol. The van der Waals surface area contributed by atoms with E-state index in [2.05, 4.69) is 10.6 Å². The van der Waals surface area contributed by atoms with E-state index in [0.717, 1.165) is 0 Å². The van der Waals surface area contributed by atoms with Crippen LogP contribution in [0.15, 0.2) is 24.3 Å². The van der Waals surface area contributed by atoms with E-state index in [1.165, 1.54) is 19.1 Å². The number of hydrogen-bond donors (Lipinski definition) is 3. The second-order valence-electron chi connectivity index (χ2n) is 5.82. The second-order valence-corrected chi connectivity index (χ2v) is 5.82. The fourth-order valence-electron chi connectivity index (χ4n) is 2.32. The number of carbonyl (C=O) groups excluding carboxylic acids is 3. The largest absolute Gasteiger partial charge is 0.368 e. The van der Waals surface area contributed by atoms with Gasteiger partial charge in [-0.15, -0.1) is 0 Å². The van der Waals surface area contributed by atoms with Gasteiger partial charge in [0.2, 0.25) is 17.7 Å². The SMILES string of the molecule is CC[C@H](C)[C@H](NC(=O)[C@@H](Cc1ccccc1F)NC(C)=O)C(N)=O. The first-order valence-corrected chi connectivity index (χ1v) is 7.86. The Morgan fingerprint density at radius 2 is 1.83 bits per heavy atom. The first kappa shape index (κ1) is 19.6. The van der Waals surface area contributed by atoms with Crippen LogP contribution in [0, 0.1) is 11.7 Å². The molecule has 132 valence electrons. The van der Waals surface area contributed by atoms with E-state index in [-0.39, 0.29) is 12.3 Å². The van der Waals surface area contributed by atoms with Gasteiger partial charge in [-0.25, -0.2) is 4.39 Å². The van der Waals surface area contributed by atoms with Gasteiger partial charge in [0.05, 0.1) is 0 Å². The molecule has 0 radical (unpaired) electrons. The van der Waals surface area contributed by atoms with Crippen LogP contribution in [-0.4, -0.2) is 29.8 Å². The van der Waals surface area contributed by atoms with Crippen LogP contribution in [0.1, 0.15) is 32.8 Å². The summed E-state index contributed by atoms with van der Waals surface area (Å²) in [7, 11) is 0. The molecule has 24 heavy (non-hydrogen) atoms. The predicted octanol–water partition coefficient (Wildman–Crippen LogP) is 0.889. The number of primary amides is 1. The third-order valence-electron chi connectivity index (χ3n) is 3.89. The maximum Gasteiger partial charge on any atom is 0.243 e. The van der Waals surface area contributed by atoms with E-state index in [4.69, 9.17) is 5.73 Å². The van der Waals surface area contributed by atoms with Crippen LogP contribution in [0.25, 0.3) is 0 Å². The van der Waals surface area contributed by atoms with Crippen LogP contribution >= 0.6 is 0 Å². The molecule has 0 aliphatic heterocycles. The third kappa shape index (κ3) is 5.64. The lowest BCUT2D eigenvalue weighted by atomic mass is 9.97. The molecule has 0 saturated carbocycles. The summed E-state index contributed by atoms with van der Waals surface area (Å²) in [6.07, 6.45) is 0.621. The van der Waals surface area contributed by atoms with E-state index < -0.39 is 35.6 Å². The standard InChI is InChI=1S/C17H24FN3O3/c1-4-10(2)15(16(19)23)21-17(24)14(20-11(3)22)9-12-7-5-6-8-13(12)18/h5-8,10,14-15H,4,9H2,1-3H3,(H2,19,23)(H,20,22)(H,21,24)/t10-,14+,15-/m0/s1. The molecular weight excluding hydrogens is 313 g/mol. The van der Waals surface area contributed by atoms with Crippen LogP contribution in [0.3, 0.4) is 0 Å². The number of amides is 3. The smallest absolute Gasteiger partial charge is 0.243 e. The van der Waals surface area contributed by atoms with E-state index in [0.29, 0.717) is 12.0 Å². The fourth-order valence-corrected chi connectivity index (χ4v) is 2.32. The van der Waals surface area contributed by atoms with Gasteiger partial charge >= 0.3 is 0 Å². The molecular formula is C17H24FN3O3. The average molecular weight is 337 g/mol. The highest BCUT2D eigenvalue weighted by atomic mass is 19.1.